The van der Waals surface area contributed by atoms with Gasteiger partial charge in [0.15, 0.2) is 0 Å². The normalized spacial score (nSPS) is 11.7. The van der Waals surface area contributed by atoms with Crippen molar-refractivity contribution in [3.63, 3.8) is 0 Å². The first-order chi connectivity index (χ1) is 11.8. The van der Waals surface area contributed by atoms with Crippen molar-refractivity contribution in [3.8, 4) is 0 Å². The zero-order valence-corrected chi connectivity index (χ0v) is 17.2. The second kappa shape index (κ2) is 6.98. The zero-order valence-electron chi connectivity index (χ0n) is 13.9. The van der Waals surface area contributed by atoms with Gasteiger partial charge in [-0.25, -0.2) is 9.97 Å². The average molecular weight is 441 g/mol. The maximum absolute atomic E-state index is 13.0. The Morgan fingerprint density at radius 3 is 2.64 bits per heavy atom. The van der Waals surface area contributed by atoms with E-state index in [1.165, 1.54) is 0 Å². The maximum atomic E-state index is 13.0. The molecule has 0 atom stereocenters. The van der Waals surface area contributed by atoms with E-state index in [1.807, 2.05) is 19.1 Å². The highest BCUT2D eigenvalue weighted by molar-refractivity contribution is 9.10. The number of nitrogens with zero attached hydrogens (tertiary/aromatic N) is 4. The van der Waals surface area contributed by atoms with Crippen molar-refractivity contribution in [1.82, 2.24) is 19.9 Å². The van der Waals surface area contributed by atoms with E-state index in [9.17, 15) is 4.57 Å². The van der Waals surface area contributed by atoms with Crippen molar-refractivity contribution < 1.29 is 4.57 Å². The fourth-order valence-corrected chi connectivity index (χ4v) is 4.30. The third-order valence-corrected chi connectivity index (χ3v) is 5.90. The molecule has 0 bridgehead atoms. The molecule has 25 heavy (non-hydrogen) atoms. The lowest BCUT2D eigenvalue weighted by atomic mass is 10.2. The molecule has 0 aliphatic rings. The van der Waals surface area contributed by atoms with Crippen LogP contribution in [0, 0.1) is 0 Å². The average Bonchev–Trinajstić information content (AvgIpc) is 2.56. The van der Waals surface area contributed by atoms with Gasteiger partial charge < -0.3 is 9.88 Å². The second-order valence-electron chi connectivity index (χ2n) is 5.86. The standard InChI is InChI=1S/C16H16BrClN5OP/c1-4-9-7-19-13-11(21-9)5-6-12(14(13)25(2,3)24)22-15-10(17)8-20-16(18)23-15/h5-8H,4H2,1-3H3,(H,20,22,23). The second-order valence-corrected chi connectivity index (χ2v) is 10.2. The van der Waals surface area contributed by atoms with Gasteiger partial charge in [0.25, 0.3) is 0 Å². The van der Waals surface area contributed by atoms with Crippen LogP contribution in [0.3, 0.4) is 0 Å². The lowest BCUT2D eigenvalue weighted by Gasteiger charge is -2.17. The van der Waals surface area contributed by atoms with Crippen LogP contribution < -0.4 is 10.6 Å². The van der Waals surface area contributed by atoms with Crippen LogP contribution >= 0.6 is 34.7 Å². The number of nitrogens with one attached hydrogen (secondary N) is 1. The molecule has 3 aromatic rings. The van der Waals surface area contributed by atoms with Crippen LogP contribution in [0.5, 0.6) is 0 Å². The van der Waals surface area contributed by atoms with Gasteiger partial charge in [0, 0.05) is 12.4 Å². The third-order valence-electron chi connectivity index (χ3n) is 3.61. The molecule has 0 saturated carbocycles. The molecule has 1 aromatic carbocycles. The predicted molar refractivity (Wildman–Crippen MR) is 106 cm³/mol. The van der Waals surface area contributed by atoms with Gasteiger partial charge in [-0.1, -0.05) is 6.92 Å². The van der Waals surface area contributed by atoms with Crippen molar-refractivity contribution in [2.75, 3.05) is 18.6 Å². The van der Waals surface area contributed by atoms with Crippen LogP contribution in [0.25, 0.3) is 11.0 Å². The molecule has 0 radical (unpaired) electrons. The van der Waals surface area contributed by atoms with E-state index in [-0.39, 0.29) is 5.28 Å². The first-order valence-corrected chi connectivity index (χ1v) is 11.4. The van der Waals surface area contributed by atoms with Gasteiger partial charge in [0.1, 0.15) is 18.5 Å². The smallest absolute Gasteiger partial charge is 0.224 e. The van der Waals surface area contributed by atoms with Crippen LogP contribution in [0.4, 0.5) is 11.5 Å². The molecule has 6 nitrogen and oxygen atoms in total. The van der Waals surface area contributed by atoms with Gasteiger partial charge in [-0.05, 0) is 59.4 Å². The molecule has 0 saturated heterocycles. The number of hydrogen-bond acceptors (Lipinski definition) is 6. The van der Waals surface area contributed by atoms with E-state index in [4.69, 9.17) is 11.6 Å². The topological polar surface area (TPSA) is 80.7 Å². The molecular weight excluding hydrogens is 425 g/mol. The Balaban J connectivity index is 2.21. The van der Waals surface area contributed by atoms with Gasteiger partial charge in [-0.15, -0.1) is 0 Å². The Bertz CT molecular complexity index is 1010. The van der Waals surface area contributed by atoms with Crippen molar-refractivity contribution in [2.24, 2.45) is 0 Å². The Morgan fingerprint density at radius 1 is 1.20 bits per heavy atom. The number of fused-ring (bicyclic) bond motifs is 1. The van der Waals surface area contributed by atoms with Crippen LogP contribution in [0.1, 0.15) is 12.6 Å². The summed E-state index contributed by atoms with van der Waals surface area (Å²) in [5, 5.41) is 3.95. The van der Waals surface area contributed by atoms with Crippen LogP contribution in [-0.4, -0.2) is 33.3 Å². The minimum atomic E-state index is -2.65. The largest absolute Gasteiger partial charge is 0.338 e. The van der Waals surface area contributed by atoms with E-state index in [0.29, 0.717) is 26.8 Å². The van der Waals surface area contributed by atoms with E-state index >= 15 is 0 Å². The molecule has 9 heteroatoms. The highest BCUT2D eigenvalue weighted by atomic mass is 79.9. The number of aromatic nitrogens is 4. The Labute approximate surface area is 159 Å². The summed E-state index contributed by atoms with van der Waals surface area (Å²) in [6.07, 6.45) is 4.08. The Kier molecular flexibility index (Phi) is 5.09. The fraction of sp³-hybridized carbons (Fsp3) is 0.250. The number of hydrogen-bond donors (Lipinski definition) is 1. The summed E-state index contributed by atoms with van der Waals surface area (Å²) in [6.45, 7) is 5.45. The molecule has 0 unspecified atom stereocenters. The molecular formula is C16H16BrClN5OP. The minimum absolute atomic E-state index is 0.122. The Hall–Kier alpha value is -1.56. The van der Waals surface area contributed by atoms with Gasteiger partial charge in [0.2, 0.25) is 5.28 Å². The van der Waals surface area contributed by atoms with Gasteiger partial charge >= 0.3 is 0 Å². The number of rotatable bonds is 4. The summed E-state index contributed by atoms with van der Waals surface area (Å²) in [7, 11) is -2.65. The van der Waals surface area contributed by atoms with Crippen molar-refractivity contribution in [2.45, 2.75) is 13.3 Å². The maximum Gasteiger partial charge on any atom is 0.224 e. The predicted octanol–water partition coefficient (Wildman–Crippen LogP) is 4.39. The van der Waals surface area contributed by atoms with E-state index in [1.54, 1.807) is 25.7 Å². The summed E-state index contributed by atoms with van der Waals surface area (Å²) < 4.78 is 13.6. The highest BCUT2D eigenvalue weighted by Crippen LogP contribution is 2.41. The highest BCUT2D eigenvalue weighted by Gasteiger charge is 2.22. The van der Waals surface area contributed by atoms with Crippen molar-refractivity contribution in [3.05, 3.63) is 40.0 Å². The summed E-state index contributed by atoms with van der Waals surface area (Å²) >= 11 is 9.27. The summed E-state index contributed by atoms with van der Waals surface area (Å²) in [5.74, 6) is 0.493. The molecule has 2 aromatic heterocycles. The quantitative estimate of drug-likeness (QED) is 0.479. The minimum Gasteiger partial charge on any atom is -0.338 e. The molecule has 0 aliphatic carbocycles. The summed E-state index contributed by atoms with van der Waals surface area (Å²) in [4.78, 5) is 17.2. The molecule has 3 rings (SSSR count). The molecule has 1 N–H and O–H groups in total. The molecule has 0 aliphatic heterocycles. The van der Waals surface area contributed by atoms with Crippen molar-refractivity contribution >= 4 is 62.5 Å². The number of halogens is 2. The SMILES string of the molecule is CCc1cnc2c(P(C)(C)=O)c(Nc3nc(Cl)ncc3Br)ccc2n1. The lowest BCUT2D eigenvalue weighted by Crippen LogP contribution is -2.14. The monoisotopic (exact) mass is 439 g/mol. The van der Waals surface area contributed by atoms with E-state index in [2.05, 4.69) is 41.2 Å². The van der Waals surface area contributed by atoms with Crippen LogP contribution in [-0.2, 0) is 11.0 Å². The lowest BCUT2D eigenvalue weighted by molar-refractivity contribution is 0.588. The fourth-order valence-electron chi connectivity index (χ4n) is 2.49. The molecule has 0 amide bonds. The molecule has 0 spiro atoms. The van der Waals surface area contributed by atoms with Crippen LogP contribution in [0.2, 0.25) is 5.28 Å². The summed E-state index contributed by atoms with van der Waals surface area (Å²) in [6, 6.07) is 3.70. The third kappa shape index (κ3) is 3.84. The molecule has 2 heterocycles. The Morgan fingerprint density at radius 2 is 1.96 bits per heavy atom. The summed E-state index contributed by atoms with van der Waals surface area (Å²) in [5.41, 5.74) is 2.91. The zero-order chi connectivity index (χ0) is 18.2. The van der Waals surface area contributed by atoms with Gasteiger partial charge in [-0.2, -0.15) is 4.98 Å². The van der Waals surface area contributed by atoms with E-state index < -0.39 is 7.14 Å². The number of aryl methyl sites for hydroxylation is 1. The van der Waals surface area contributed by atoms with Gasteiger partial charge in [0.05, 0.1) is 26.7 Å². The van der Waals surface area contributed by atoms with E-state index in [0.717, 1.165) is 17.6 Å². The first kappa shape index (κ1) is 18.2. The first-order valence-electron chi connectivity index (χ1n) is 7.59. The van der Waals surface area contributed by atoms with Crippen molar-refractivity contribution in [1.29, 1.82) is 0 Å². The molecule has 130 valence electrons. The molecule has 0 fully saturated rings. The number of anilines is 2. The van der Waals surface area contributed by atoms with Crippen LogP contribution in [0.15, 0.2) is 29.0 Å². The number of benzene rings is 1. The van der Waals surface area contributed by atoms with Gasteiger partial charge in [-0.3, -0.25) is 4.98 Å².